The Morgan fingerprint density at radius 1 is 1.25 bits per heavy atom. The lowest BCUT2D eigenvalue weighted by molar-refractivity contribution is -0.0505. The van der Waals surface area contributed by atoms with Crippen molar-refractivity contribution in [2.45, 2.75) is 46.8 Å². The predicted molar refractivity (Wildman–Crippen MR) is 107 cm³/mol. The normalized spacial score (nSPS) is 13.0. The highest BCUT2D eigenvalue weighted by atomic mass is 19.3. The highest BCUT2D eigenvalue weighted by Gasteiger charge is 2.13. The van der Waals surface area contributed by atoms with Crippen molar-refractivity contribution in [2.75, 3.05) is 26.8 Å². The molecule has 3 N–H and O–H groups in total. The fourth-order valence-corrected chi connectivity index (χ4v) is 2.90. The number of halogens is 2. The van der Waals surface area contributed by atoms with Gasteiger partial charge in [0.2, 0.25) is 0 Å². The number of hydrogen-bond donors (Lipinski definition) is 3. The van der Waals surface area contributed by atoms with Crippen molar-refractivity contribution in [1.29, 1.82) is 0 Å². The Hall–Kier alpha value is -2.09. The molecule has 0 aromatic heterocycles. The Balaban J connectivity index is 2.85. The van der Waals surface area contributed by atoms with Gasteiger partial charge in [0.15, 0.2) is 5.96 Å². The van der Waals surface area contributed by atoms with E-state index in [1.165, 1.54) is 13.2 Å². The molecule has 8 heteroatoms. The van der Waals surface area contributed by atoms with Crippen LogP contribution in [0.25, 0.3) is 0 Å². The molecule has 1 aromatic rings. The second-order valence-electron chi connectivity index (χ2n) is 6.94. The summed E-state index contributed by atoms with van der Waals surface area (Å²) in [6.45, 7) is 5.00. The molecule has 0 amide bonds. The lowest BCUT2D eigenvalue weighted by Crippen LogP contribution is -2.40. The van der Waals surface area contributed by atoms with E-state index in [1.54, 1.807) is 12.1 Å². The van der Waals surface area contributed by atoms with E-state index in [2.05, 4.69) is 34.2 Å². The van der Waals surface area contributed by atoms with Crippen molar-refractivity contribution >= 4 is 5.96 Å². The first-order valence-electron chi connectivity index (χ1n) is 9.64. The molecule has 1 unspecified atom stereocenters. The number of rotatable bonds is 12. The van der Waals surface area contributed by atoms with E-state index in [1.807, 2.05) is 6.92 Å². The number of benzene rings is 1. The first kappa shape index (κ1) is 23.9. The van der Waals surface area contributed by atoms with Crippen LogP contribution in [0.15, 0.2) is 23.2 Å². The van der Waals surface area contributed by atoms with Gasteiger partial charge in [-0.2, -0.15) is 8.78 Å². The Labute approximate surface area is 166 Å². The van der Waals surface area contributed by atoms with Crippen molar-refractivity contribution < 1.29 is 23.4 Å². The van der Waals surface area contributed by atoms with Crippen molar-refractivity contribution in [3.8, 4) is 11.5 Å². The van der Waals surface area contributed by atoms with Gasteiger partial charge in [-0.15, -0.1) is 0 Å². The molecular weight excluding hydrogens is 368 g/mol. The molecule has 0 bridgehead atoms. The first-order valence-corrected chi connectivity index (χ1v) is 9.64. The van der Waals surface area contributed by atoms with Crippen molar-refractivity contribution in [3.63, 3.8) is 0 Å². The Bertz CT molecular complexity index is 598. The first-order chi connectivity index (χ1) is 13.4. The zero-order valence-electron chi connectivity index (χ0n) is 17.2. The van der Waals surface area contributed by atoms with Gasteiger partial charge in [0, 0.05) is 31.3 Å². The second-order valence-corrected chi connectivity index (χ2v) is 6.94. The van der Waals surface area contributed by atoms with E-state index >= 15 is 0 Å². The van der Waals surface area contributed by atoms with Gasteiger partial charge in [0.25, 0.3) is 0 Å². The summed E-state index contributed by atoms with van der Waals surface area (Å²) in [5, 5.41) is 15.7. The molecule has 0 saturated heterocycles. The number of nitrogens with one attached hydrogen (secondary N) is 2. The van der Waals surface area contributed by atoms with Gasteiger partial charge in [-0.3, -0.25) is 0 Å². The molecule has 0 spiro atoms. The maximum absolute atomic E-state index is 12.7. The van der Waals surface area contributed by atoms with Crippen molar-refractivity contribution in [1.82, 2.24) is 10.6 Å². The third kappa shape index (κ3) is 9.21. The summed E-state index contributed by atoms with van der Waals surface area (Å²) in [6.07, 6.45) is 1.72. The molecule has 1 atom stereocenters. The van der Waals surface area contributed by atoms with E-state index in [9.17, 15) is 13.9 Å². The van der Waals surface area contributed by atoms with Crippen LogP contribution in [0.4, 0.5) is 8.78 Å². The van der Waals surface area contributed by atoms with Gasteiger partial charge in [0.1, 0.15) is 11.5 Å². The number of hydrogen-bond acceptors (Lipinski definition) is 4. The summed E-state index contributed by atoms with van der Waals surface area (Å²) in [4.78, 5) is 4.48. The molecule has 28 heavy (non-hydrogen) atoms. The summed E-state index contributed by atoms with van der Waals surface area (Å²) < 4.78 is 35.1. The molecule has 1 rings (SSSR count). The molecule has 0 aliphatic heterocycles. The van der Waals surface area contributed by atoms with Crippen LogP contribution in [0.5, 0.6) is 11.5 Å². The van der Waals surface area contributed by atoms with Crippen LogP contribution in [-0.2, 0) is 6.54 Å². The number of nitrogens with zero attached hydrogens (tertiary/aromatic N) is 1. The number of aliphatic imine (C=N–C) groups is 1. The van der Waals surface area contributed by atoms with Crippen LogP contribution >= 0.6 is 0 Å². The number of guanidine groups is 1. The Kier molecular flexibility index (Phi) is 11.2. The van der Waals surface area contributed by atoms with Gasteiger partial charge in [-0.25, -0.2) is 4.99 Å². The van der Waals surface area contributed by atoms with Gasteiger partial charge >= 0.3 is 6.61 Å². The van der Waals surface area contributed by atoms with Crippen molar-refractivity contribution in [3.05, 3.63) is 23.8 Å². The maximum Gasteiger partial charge on any atom is 0.387 e. The van der Waals surface area contributed by atoms with Gasteiger partial charge in [0.05, 0.1) is 13.7 Å². The van der Waals surface area contributed by atoms with Gasteiger partial charge in [-0.1, -0.05) is 13.8 Å². The average Bonchev–Trinajstić information content (AvgIpc) is 2.63. The lowest BCUT2D eigenvalue weighted by Gasteiger charge is -2.20. The monoisotopic (exact) mass is 401 g/mol. The van der Waals surface area contributed by atoms with E-state index in [0.717, 1.165) is 12.8 Å². The summed E-state index contributed by atoms with van der Waals surface area (Å²) in [5.74, 6) is 1.94. The van der Waals surface area contributed by atoms with Crippen LogP contribution in [0.2, 0.25) is 0 Å². The van der Waals surface area contributed by atoms with E-state index in [-0.39, 0.29) is 18.9 Å². The molecule has 6 nitrogen and oxygen atoms in total. The van der Waals surface area contributed by atoms with Crippen LogP contribution in [0.3, 0.4) is 0 Å². The topological polar surface area (TPSA) is 75.1 Å². The molecule has 1 aromatic carbocycles. The summed E-state index contributed by atoms with van der Waals surface area (Å²) in [5.41, 5.74) is 0.535. The SMILES string of the molecule is CCNC(=NCc1ccc(OC)cc1OC(F)F)NCC(CCO)CC(C)C. The fraction of sp³-hybridized carbons (Fsp3) is 0.650. The van der Waals surface area contributed by atoms with Crippen LogP contribution in [-0.4, -0.2) is 44.5 Å². The van der Waals surface area contributed by atoms with E-state index in [4.69, 9.17) is 4.74 Å². The molecule has 160 valence electrons. The molecule has 0 radical (unpaired) electrons. The highest BCUT2D eigenvalue weighted by molar-refractivity contribution is 5.79. The molecular formula is C20H33F2N3O3. The van der Waals surface area contributed by atoms with E-state index in [0.29, 0.717) is 42.2 Å². The summed E-state index contributed by atoms with van der Waals surface area (Å²) >= 11 is 0. The smallest absolute Gasteiger partial charge is 0.387 e. The minimum Gasteiger partial charge on any atom is -0.497 e. The van der Waals surface area contributed by atoms with Gasteiger partial charge < -0.3 is 25.2 Å². The lowest BCUT2D eigenvalue weighted by atomic mass is 9.94. The maximum atomic E-state index is 12.7. The molecule has 0 fully saturated rings. The predicted octanol–water partition coefficient (Wildman–Crippen LogP) is 3.40. The summed E-state index contributed by atoms with van der Waals surface area (Å²) in [6, 6.07) is 4.78. The molecule has 0 aliphatic carbocycles. The average molecular weight is 401 g/mol. The number of aliphatic hydroxyl groups excluding tert-OH is 1. The fourth-order valence-electron chi connectivity index (χ4n) is 2.90. The largest absolute Gasteiger partial charge is 0.497 e. The molecule has 0 saturated carbocycles. The molecule has 0 aliphatic rings. The number of aliphatic hydroxyl groups is 1. The molecule has 0 heterocycles. The minimum absolute atomic E-state index is 0.0481. The Morgan fingerprint density at radius 2 is 2.00 bits per heavy atom. The van der Waals surface area contributed by atoms with Crippen molar-refractivity contribution in [2.24, 2.45) is 16.8 Å². The minimum atomic E-state index is -2.92. The quantitative estimate of drug-likeness (QED) is 0.370. The van der Waals surface area contributed by atoms with Crippen LogP contribution < -0.4 is 20.1 Å². The zero-order chi connectivity index (χ0) is 20.9. The summed E-state index contributed by atoms with van der Waals surface area (Å²) in [7, 11) is 1.46. The van der Waals surface area contributed by atoms with E-state index < -0.39 is 6.61 Å². The van der Waals surface area contributed by atoms with Gasteiger partial charge in [-0.05, 0) is 43.7 Å². The standard InChI is InChI=1S/C20H33F2N3O3/c1-5-23-20(24-12-15(8-9-26)10-14(2)3)25-13-16-6-7-17(27-4)11-18(16)28-19(21)22/h6-7,11,14-15,19,26H,5,8-10,12-13H2,1-4H3,(H2,23,24,25). The number of methoxy groups -OCH3 is 1. The third-order valence-corrected chi connectivity index (χ3v) is 4.14. The van der Waals surface area contributed by atoms with Crippen LogP contribution in [0, 0.1) is 11.8 Å². The Morgan fingerprint density at radius 3 is 2.57 bits per heavy atom. The third-order valence-electron chi connectivity index (χ3n) is 4.14. The highest BCUT2D eigenvalue weighted by Crippen LogP contribution is 2.27. The number of ether oxygens (including phenoxy) is 2. The number of alkyl halides is 2. The second kappa shape index (κ2) is 13.1. The van der Waals surface area contributed by atoms with Crippen LogP contribution in [0.1, 0.15) is 39.2 Å². The zero-order valence-corrected chi connectivity index (χ0v) is 17.2.